The molecule has 6 aromatic rings. The summed E-state index contributed by atoms with van der Waals surface area (Å²) in [6.45, 7) is 0. The largest absolute Gasteiger partial charge is 4.00 e. The van der Waals surface area contributed by atoms with E-state index in [2.05, 4.69) is 0 Å². The maximum atomic E-state index is 12.1. The fourth-order valence-electron chi connectivity index (χ4n) is 4.27. The third-order valence-corrected chi connectivity index (χ3v) is 6.35. The zero-order valence-corrected chi connectivity index (χ0v) is 37.4. The van der Waals surface area contributed by atoms with Crippen LogP contribution in [0.1, 0.15) is 0 Å². The Kier molecular flexibility index (Phi) is 38.5. The van der Waals surface area contributed by atoms with Gasteiger partial charge in [-0.1, -0.05) is 0 Å². The van der Waals surface area contributed by atoms with Gasteiger partial charge in [0.05, 0.1) is 0 Å². The van der Waals surface area contributed by atoms with Crippen molar-refractivity contribution in [2.24, 2.45) is 0 Å². The van der Waals surface area contributed by atoms with Crippen LogP contribution in [0, 0.1) is 0 Å². The van der Waals surface area contributed by atoms with E-state index < -0.39 is 45.4 Å². The molecule has 2 aromatic heterocycles. The third-order valence-electron chi connectivity index (χ3n) is 6.35. The quantitative estimate of drug-likeness (QED) is 0.0569. The van der Waals surface area contributed by atoms with Crippen LogP contribution >= 0.6 is 0 Å². The number of phenols is 8. The summed E-state index contributed by atoms with van der Waals surface area (Å²) in [6, 6.07) is 11.3. The van der Waals surface area contributed by atoms with Crippen molar-refractivity contribution >= 4 is 69.8 Å². The van der Waals surface area contributed by atoms with Gasteiger partial charge in [-0.25, -0.2) is 0 Å². The Morgan fingerprint density at radius 1 is 0.386 bits per heavy atom. The van der Waals surface area contributed by atoms with Gasteiger partial charge in [0.15, 0.2) is 34.5 Å². The van der Waals surface area contributed by atoms with E-state index >= 15 is 0 Å². The van der Waals surface area contributed by atoms with Crippen molar-refractivity contribution < 1.29 is 159 Å². The van der Waals surface area contributed by atoms with Crippen LogP contribution in [0.2, 0.25) is 0 Å². The summed E-state index contributed by atoms with van der Waals surface area (Å²) < 4.78 is 10.7. The van der Waals surface area contributed by atoms with Gasteiger partial charge in [0.1, 0.15) is 44.9 Å². The van der Waals surface area contributed by atoms with E-state index in [0.29, 0.717) is 0 Å². The molecule has 0 amide bonds. The molecule has 0 fully saturated rings. The summed E-state index contributed by atoms with van der Waals surface area (Å²) in [5.41, 5.74) is -1.78. The Bertz CT molecular complexity index is 2120. The average Bonchev–Trinajstić information content (AvgIpc) is 2.95. The second-order valence-corrected chi connectivity index (χ2v) is 9.30. The molecule has 313 valence electrons. The molecular weight excluding hydrogens is 1120 g/mol. The molecule has 0 atom stereocenters. The van der Waals surface area contributed by atoms with Crippen LogP contribution < -0.4 is 60.5 Å². The number of aromatic hydroxyl groups is 10. The Hall–Kier alpha value is -3.66. The zero-order chi connectivity index (χ0) is 32.0. The molecule has 20 nitrogen and oxygen atoms in total. The molecule has 0 aliphatic rings. The van der Waals surface area contributed by atoms with E-state index in [1.54, 1.807) is 0 Å². The molecule has 22 N–H and O–H groups in total. The van der Waals surface area contributed by atoms with Gasteiger partial charge in [0.25, 0.3) is 0 Å². The minimum Gasteiger partial charge on any atom is -1.00 e. The van der Waals surface area contributed by atoms with Crippen LogP contribution in [-0.4, -0.2) is 132 Å². The molecule has 2 heterocycles. The van der Waals surface area contributed by atoms with Gasteiger partial charge in [-0.2, -0.15) is 0 Å². The van der Waals surface area contributed by atoms with Gasteiger partial charge in [-0.15, -0.1) is 0 Å². The van der Waals surface area contributed by atoms with Crippen molar-refractivity contribution in [3.63, 3.8) is 0 Å². The van der Waals surface area contributed by atoms with Gasteiger partial charge in [0, 0.05) is 35.4 Å². The summed E-state index contributed by atoms with van der Waals surface area (Å²) in [6.07, 6.45) is 0. The van der Waals surface area contributed by atoms with E-state index in [-0.39, 0.29) is 215 Å². The maximum absolute atomic E-state index is 12.1. The van der Waals surface area contributed by atoms with Crippen LogP contribution in [0.25, 0.3) is 44.6 Å². The van der Waals surface area contributed by atoms with Crippen molar-refractivity contribution in [1.29, 1.82) is 0 Å². The van der Waals surface area contributed by atoms with E-state index in [0.717, 1.165) is 48.5 Å². The molecule has 0 bridgehead atoms. The van der Waals surface area contributed by atoms with Gasteiger partial charge >= 0.3 is 64.9 Å². The number of benzene rings is 4. The number of halogens is 4. The molecule has 0 aliphatic heterocycles. The van der Waals surface area contributed by atoms with Crippen LogP contribution in [0.5, 0.6) is 57.5 Å². The second kappa shape index (κ2) is 29.5. The topological polar surface area (TPSA) is 452 Å². The zero-order valence-electron chi connectivity index (χ0n) is 27.7. The first-order chi connectivity index (χ1) is 20.8. The van der Waals surface area contributed by atoms with Gasteiger partial charge in [-0.3, -0.25) is 9.59 Å². The Balaban J connectivity index is -0.0000000940. The van der Waals surface area contributed by atoms with Crippen molar-refractivity contribution in [3.8, 4) is 80.1 Å². The van der Waals surface area contributed by atoms with Crippen LogP contribution in [0.4, 0.5) is 0 Å². The number of fused-ring (bicyclic) bond motifs is 2. The Morgan fingerprint density at radius 3 is 0.930 bits per heavy atom. The molecule has 57 heavy (non-hydrogen) atoms. The summed E-state index contributed by atoms with van der Waals surface area (Å²) in [4.78, 5) is 24.3. The minimum atomic E-state index is -0.888. The Labute approximate surface area is 387 Å². The molecule has 0 unspecified atom stereocenters. The Morgan fingerprint density at radius 2 is 0.667 bits per heavy atom. The first-order valence-corrected chi connectivity index (χ1v) is 12.2. The SMILES string of the molecule is O.O.O.O.O.O.O=c1c(O)c(-c2ccc(O)c(O)c2)oc2cc(O)cc(O)c12.O=c1c(O)c(-c2ccc(O)c(O)c2)oc2cc(O)cc(O)c12.[Cl-].[Cl-].[Cl-].[Cl-].[Cu+2].[Sn+4].[Sn+4]. The van der Waals surface area contributed by atoms with E-state index in [1.165, 1.54) is 12.1 Å². The monoisotopic (exact) mass is 1150 g/mol. The van der Waals surface area contributed by atoms with Crippen molar-refractivity contribution in [2.45, 2.75) is 0 Å². The van der Waals surface area contributed by atoms with Gasteiger partial charge in [-0.05, 0) is 36.4 Å². The third kappa shape index (κ3) is 14.9. The van der Waals surface area contributed by atoms with E-state index in [1.807, 2.05) is 0 Å². The van der Waals surface area contributed by atoms with Gasteiger partial charge < -0.3 is 142 Å². The first kappa shape index (κ1) is 74.3. The smallest absolute Gasteiger partial charge is 1.00 e. The molecule has 0 saturated heterocycles. The van der Waals surface area contributed by atoms with E-state index in [4.69, 9.17) is 8.83 Å². The summed E-state index contributed by atoms with van der Waals surface area (Å²) in [7, 11) is 0. The number of phenolic OH excluding ortho intramolecular Hbond substituents is 8. The van der Waals surface area contributed by atoms with Crippen molar-refractivity contribution in [2.75, 3.05) is 0 Å². The predicted octanol–water partition coefficient (Wildman–Crippen LogP) is -13.7. The molecule has 0 aliphatic carbocycles. The van der Waals surface area contributed by atoms with Crippen molar-refractivity contribution in [1.82, 2.24) is 0 Å². The fraction of sp³-hybridized carbons (Fsp3) is 0. The van der Waals surface area contributed by atoms with Crippen LogP contribution in [0.15, 0.2) is 79.1 Å². The molecule has 27 heteroatoms. The number of hydrogen-bond donors (Lipinski definition) is 10. The van der Waals surface area contributed by atoms with Crippen LogP contribution in [-0.2, 0) is 17.1 Å². The molecule has 0 saturated carbocycles. The van der Waals surface area contributed by atoms with Crippen molar-refractivity contribution in [3.05, 3.63) is 81.1 Å². The van der Waals surface area contributed by atoms with Crippen LogP contribution in [0.3, 0.4) is 0 Å². The maximum Gasteiger partial charge on any atom is 4.00 e. The second-order valence-electron chi connectivity index (χ2n) is 9.30. The first-order valence-electron chi connectivity index (χ1n) is 12.2. The molecule has 6 rings (SSSR count). The average molecular weight is 1160 g/mol. The number of rotatable bonds is 2. The molecule has 1 radical (unpaired) electrons. The van der Waals surface area contributed by atoms with E-state index in [9.17, 15) is 60.7 Å². The molecular formula is C30H32Cl4CuO20Sn2+6. The number of hydrogen-bond acceptors (Lipinski definition) is 14. The molecule has 0 spiro atoms. The summed E-state index contributed by atoms with van der Waals surface area (Å²) >= 11 is 0. The fourth-order valence-corrected chi connectivity index (χ4v) is 4.27. The minimum absolute atomic E-state index is 0. The predicted molar refractivity (Wildman–Crippen MR) is 186 cm³/mol. The standard InChI is InChI=1S/2C15H10O7.4ClH.Cu.6H2O.2Sn/c2*16-7-4-10(19)12-11(5-7)22-15(14(21)13(12)20)6-1-2-8(17)9(18)3-6;;;;;;;;;;;;;/h2*1-5,16-19,21H;4*1H;;6*1H2;;/q;;;;;;+2;;;;;;;2*+4/p-4. The van der Waals surface area contributed by atoms with Gasteiger partial charge in [0.2, 0.25) is 22.4 Å². The summed E-state index contributed by atoms with van der Waals surface area (Å²) in [5.74, 6) is -5.43. The normalized spacial score (nSPS) is 8.42. The summed E-state index contributed by atoms with van der Waals surface area (Å²) in [5, 5.41) is 95.3. The molecule has 4 aromatic carbocycles.